The van der Waals surface area contributed by atoms with E-state index in [1.165, 1.54) is 0 Å². The van der Waals surface area contributed by atoms with E-state index < -0.39 is 0 Å². The van der Waals surface area contributed by atoms with Crippen molar-refractivity contribution in [1.29, 1.82) is 0 Å². The molecule has 72 valence electrons. The molecule has 1 aromatic heterocycles. The number of H-pyrrole nitrogens is 1. The van der Waals surface area contributed by atoms with Gasteiger partial charge in [0, 0.05) is 16.6 Å². The molecule has 1 aromatic carbocycles. The fourth-order valence-corrected chi connectivity index (χ4v) is 1.93. The van der Waals surface area contributed by atoms with Gasteiger partial charge in [-0.3, -0.25) is 4.79 Å². The van der Waals surface area contributed by atoms with Crippen molar-refractivity contribution in [1.82, 2.24) is 4.98 Å². The number of benzene rings is 1. The highest BCUT2D eigenvalue weighted by Gasteiger charge is 2.05. The number of hydrogen-bond donors (Lipinski definition) is 1. The standard InChI is InChI=1S/C11H10INO/c1-6-3-4-9-8(5-6)11(14)10(12)7(2)13-9/h3-5H,1-2H3,(H,13,14). The second-order valence-electron chi connectivity index (χ2n) is 3.44. The first-order valence-electron chi connectivity index (χ1n) is 4.38. The van der Waals surface area contributed by atoms with Crippen LogP contribution in [0.1, 0.15) is 11.3 Å². The minimum absolute atomic E-state index is 0.126. The minimum atomic E-state index is 0.126. The average molecular weight is 299 g/mol. The van der Waals surface area contributed by atoms with E-state index in [0.29, 0.717) is 0 Å². The van der Waals surface area contributed by atoms with Crippen molar-refractivity contribution in [2.75, 3.05) is 0 Å². The molecule has 0 bridgehead atoms. The summed E-state index contributed by atoms with van der Waals surface area (Å²) in [6.45, 7) is 3.91. The van der Waals surface area contributed by atoms with Gasteiger partial charge in [0.05, 0.1) is 3.57 Å². The maximum absolute atomic E-state index is 11.9. The van der Waals surface area contributed by atoms with Gasteiger partial charge in [0.25, 0.3) is 0 Å². The SMILES string of the molecule is Cc1ccc2[nH]c(C)c(I)c(=O)c2c1. The van der Waals surface area contributed by atoms with Crippen molar-refractivity contribution in [2.45, 2.75) is 13.8 Å². The summed E-state index contributed by atoms with van der Waals surface area (Å²) >= 11 is 2.08. The summed E-state index contributed by atoms with van der Waals surface area (Å²) < 4.78 is 0.778. The molecule has 0 saturated carbocycles. The van der Waals surface area contributed by atoms with Crippen LogP contribution in [0.5, 0.6) is 0 Å². The highest BCUT2D eigenvalue weighted by Crippen LogP contribution is 2.13. The first-order chi connectivity index (χ1) is 6.59. The molecule has 1 heterocycles. The summed E-state index contributed by atoms with van der Waals surface area (Å²) in [5, 5.41) is 0.778. The Morgan fingerprint density at radius 1 is 1.29 bits per heavy atom. The quantitative estimate of drug-likeness (QED) is 0.746. The Hall–Kier alpha value is -0.840. The third kappa shape index (κ3) is 1.45. The lowest BCUT2D eigenvalue weighted by Gasteiger charge is -2.03. The Morgan fingerprint density at radius 3 is 2.71 bits per heavy atom. The van der Waals surface area contributed by atoms with E-state index in [0.717, 1.165) is 25.7 Å². The zero-order valence-corrected chi connectivity index (χ0v) is 10.2. The van der Waals surface area contributed by atoms with Gasteiger partial charge in [0.1, 0.15) is 0 Å². The predicted molar refractivity (Wildman–Crippen MR) is 66.8 cm³/mol. The van der Waals surface area contributed by atoms with Gasteiger partial charge >= 0.3 is 0 Å². The van der Waals surface area contributed by atoms with Crippen LogP contribution in [-0.2, 0) is 0 Å². The molecule has 0 atom stereocenters. The Morgan fingerprint density at radius 2 is 2.00 bits per heavy atom. The lowest BCUT2D eigenvalue weighted by Crippen LogP contribution is -2.09. The van der Waals surface area contributed by atoms with Crippen LogP contribution >= 0.6 is 22.6 Å². The lowest BCUT2D eigenvalue weighted by molar-refractivity contribution is 1.21. The summed E-state index contributed by atoms with van der Waals surface area (Å²) in [4.78, 5) is 15.1. The second-order valence-corrected chi connectivity index (χ2v) is 4.52. The number of aryl methyl sites for hydroxylation is 2. The van der Waals surface area contributed by atoms with Crippen LogP contribution in [0.3, 0.4) is 0 Å². The van der Waals surface area contributed by atoms with Crippen molar-refractivity contribution in [2.24, 2.45) is 0 Å². The largest absolute Gasteiger partial charge is 0.358 e. The van der Waals surface area contributed by atoms with E-state index in [2.05, 4.69) is 27.6 Å². The monoisotopic (exact) mass is 299 g/mol. The number of aromatic nitrogens is 1. The number of aromatic amines is 1. The Labute approximate surface area is 95.5 Å². The van der Waals surface area contributed by atoms with E-state index in [1.54, 1.807) is 0 Å². The molecule has 0 aliphatic heterocycles. The smallest absolute Gasteiger partial charge is 0.202 e. The Bertz CT molecular complexity index is 557. The molecule has 0 aliphatic rings. The summed E-state index contributed by atoms with van der Waals surface area (Å²) in [7, 11) is 0. The topological polar surface area (TPSA) is 32.9 Å². The van der Waals surface area contributed by atoms with Gasteiger partial charge in [-0.15, -0.1) is 0 Å². The maximum Gasteiger partial charge on any atom is 0.202 e. The third-order valence-electron chi connectivity index (χ3n) is 2.27. The molecule has 2 rings (SSSR count). The van der Waals surface area contributed by atoms with Gasteiger partial charge in [-0.2, -0.15) is 0 Å². The molecule has 0 spiro atoms. The summed E-state index contributed by atoms with van der Waals surface area (Å²) in [6, 6.07) is 5.88. The summed E-state index contributed by atoms with van der Waals surface area (Å²) in [6.07, 6.45) is 0. The zero-order chi connectivity index (χ0) is 10.3. The fraction of sp³-hybridized carbons (Fsp3) is 0.182. The molecule has 2 nitrogen and oxygen atoms in total. The molecule has 3 heteroatoms. The first kappa shape index (κ1) is 9.71. The number of nitrogens with one attached hydrogen (secondary N) is 1. The number of fused-ring (bicyclic) bond motifs is 1. The molecule has 0 unspecified atom stereocenters. The van der Waals surface area contributed by atoms with Crippen LogP contribution in [0.2, 0.25) is 0 Å². The number of halogens is 1. The molecular formula is C11H10INO. The van der Waals surface area contributed by atoms with Crippen LogP contribution in [0.15, 0.2) is 23.0 Å². The maximum atomic E-state index is 11.9. The van der Waals surface area contributed by atoms with Crippen LogP contribution < -0.4 is 5.43 Å². The van der Waals surface area contributed by atoms with Crippen molar-refractivity contribution >= 4 is 33.5 Å². The molecule has 0 aliphatic carbocycles. The third-order valence-corrected chi connectivity index (χ3v) is 3.57. The molecule has 1 N–H and O–H groups in total. The van der Waals surface area contributed by atoms with E-state index in [4.69, 9.17) is 0 Å². The van der Waals surface area contributed by atoms with Crippen LogP contribution in [-0.4, -0.2) is 4.98 Å². The highest BCUT2D eigenvalue weighted by molar-refractivity contribution is 14.1. The summed E-state index contributed by atoms with van der Waals surface area (Å²) in [5.74, 6) is 0. The molecule has 0 amide bonds. The minimum Gasteiger partial charge on any atom is -0.358 e. The first-order valence-corrected chi connectivity index (χ1v) is 5.46. The van der Waals surface area contributed by atoms with Gasteiger partial charge in [0.15, 0.2) is 0 Å². The average Bonchev–Trinajstić information content (AvgIpc) is 2.16. The Kier molecular flexibility index (Phi) is 2.34. The molecule has 14 heavy (non-hydrogen) atoms. The van der Waals surface area contributed by atoms with E-state index >= 15 is 0 Å². The molecule has 2 aromatic rings. The number of hydrogen-bond acceptors (Lipinski definition) is 1. The van der Waals surface area contributed by atoms with Gasteiger partial charge in [0.2, 0.25) is 5.43 Å². The van der Waals surface area contributed by atoms with Gasteiger partial charge in [-0.05, 0) is 48.6 Å². The fourth-order valence-electron chi connectivity index (χ4n) is 1.50. The van der Waals surface area contributed by atoms with E-state index in [1.807, 2.05) is 32.0 Å². The normalized spacial score (nSPS) is 10.8. The van der Waals surface area contributed by atoms with Crippen molar-refractivity contribution < 1.29 is 0 Å². The van der Waals surface area contributed by atoms with Crippen molar-refractivity contribution in [3.05, 3.63) is 43.2 Å². The molecule has 0 radical (unpaired) electrons. The van der Waals surface area contributed by atoms with Gasteiger partial charge in [-0.25, -0.2) is 0 Å². The van der Waals surface area contributed by atoms with E-state index in [-0.39, 0.29) is 5.43 Å². The zero-order valence-electron chi connectivity index (χ0n) is 8.02. The van der Waals surface area contributed by atoms with Gasteiger partial charge < -0.3 is 4.98 Å². The summed E-state index contributed by atoms with van der Waals surface area (Å²) in [5.41, 5.74) is 3.09. The van der Waals surface area contributed by atoms with E-state index in [9.17, 15) is 4.79 Å². The van der Waals surface area contributed by atoms with Gasteiger partial charge in [-0.1, -0.05) is 11.6 Å². The van der Waals surface area contributed by atoms with Crippen LogP contribution in [0.4, 0.5) is 0 Å². The number of pyridine rings is 1. The Balaban J connectivity index is 2.99. The van der Waals surface area contributed by atoms with Crippen molar-refractivity contribution in [3.8, 4) is 0 Å². The predicted octanol–water partition coefficient (Wildman–Crippen LogP) is 2.75. The van der Waals surface area contributed by atoms with Crippen molar-refractivity contribution in [3.63, 3.8) is 0 Å². The second kappa shape index (κ2) is 3.38. The molecular weight excluding hydrogens is 289 g/mol. The number of rotatable bonds is 0. The van der Waals surface area contributed by atoms with Crippen LogP contribution in [0, 0.1) is 17.4 Å². The molecule has 0 saturated heterocycles. The van der Waals surface area contributed by atoms with Crippen LogP contribution in [0.25, 0.3) is 10.9 Å². The lowest BCUT2D eigenvalue weighted by atomic mass is 10.1. The molecule has 0 fully saturated rings. The highest BCUT2D eigenvalue weighted by atomic mass is 127.